The molecule has 1 fully saturated rings. The standard InChI is InChI=1S/C45H56Cl2N8O16/c46-34-19-30(43(66)49-22-28-2-1-3-31(56)16-28)20-35(47)41(34)44(67)51-36(45(68)69)23-50-42(65)29-17-32(57)21-33(18-29)71-15-14-70-13-4-48-37(58)24-52-5-7-53(25-38(59)60)9-11-55(27-40(63)64)12-10-54(8-6-52)26-39(61)62/h1-3,16-21,36,56-57H,4-15,22-27H2,(H,48,58)(H,49,66)(H,50,65)(H,51,67)(H,59,60)(H,61,62)(H,63,64)(H,68,69)/t36-/m0/s1. The fourth-order valence-corrected chi connectivity index (χ4v) is 7.68. The molecule has 10 N–H and O–H groups in total. The van der Waals surface area contributed by atoms with Crippen LogP contribution in [-0.4, -0.2) is 215 Å². The summed E-state index contributed by atoms with van der Waals surface area (Å²) >= 11 is 12.6. The van der Waals surface area contributed by atoms with Gasteiger partial charge in [0.15, 0.2) is 0 Å². The molecule has 3 aromatic rings. The van der Waals surface area contributed by atoms with Gasteiger partial charge in [0.25, 0.3) is 17.7 Å². The summed E-state index contributed by atoms with van der Waals surface area (Å²) in [7, 11) is 0. The highest BCUT2D eigenvalue weighted by molar-refractivity contribution is 6.40. The molecule has 4 rings (SSSR count). The number of carboxylic acid groups (broad SMARTS) is 4. The zero-order valence-corrected chi connectivity index (χ0v) is 39.8. The monoisotopic (exact) mass is 1030 g/mol. The molecule has 0 unspecified atom stereocenters. The van der Waals surface area contributed by atoms with Crippen LogP contribution in [0.5, 0.6) is 17.2 Å². The van der Waals surface area contributed by atoms with E-state index in [0.717, 1.165) is 6.07 Å². The van der Waals surface area contributed by atoms with Gasteiger partial charge in [-0.25, -0.2) is 4.79 Å². The number of hydrogen-bond donors (Lipinski definition) is 10. The Kier molecular flexibility index (Phi) is 23.0. The van der Waals surface area contributed by atoms with E-state index in [1.165, 1.54) is 36.4 Å². The lowest BCUT2D eigenvalue weighted by atomic mass is 10.1. The third kappa shape index (κ3) is 20.6. The second-order valence-electron chi connectivity index (χ2n) is 16.1. The number of hydrogen-bond acceptors (Lipinski definition) is 16. The maximum atomic E-state index is 13.2. The summed E-state index contributed by atoms with van der Waals surface area (Å²) in [5.41, 5.74) is 0.165. The van der Waals surface area contributed by atoms with Gasteiger partial charge in [0.1, 0.15) is 29.9 Å². The van der Waals surface area contributed by atoms with E-state index in [1.807, 2.05) is 0 Å². The molecule has 0 saturated carbocycles. The van der Waals surface area contributed by atoms with Gasteiger partial charge >= 0.3 is 23.9 Å². The lowest BCUT2D eigenvalue weighted by molar-refractivity contribution is -0.140. The molecule has 0 aromatic heterocycles. The molecule has 1 aliphatic heterocycles. The van der Waals surface area contributed by atoms with E-state index in [0.29, 0.717) is 5.56 Å². The summed E-state index contributed by atoms with van der Waals surface area (Å²) in [4.78, 5) is 105. The van der Waals surface area contributed by atoms with Crippen molar-refractivity contribution in [3.05, 3.63) is 86.9 Å². The average molecular weight is 1040 g/mol. The Morgan fingerprint density at radius 1 is 0.577 bits per heavy atom. The number of carbonyl (C=O) groups is 8. The first kappa shape index (κ1) is 56.8. The topological polar surface area (TPSA) is 337 Å². The smallest absolute Gasteiger partial charge is 0.328 e. The molecule has 0 bridgehead atoms. The lowest BCUT2D eigenvalue weighted by Gasteiger charge is -2.32. The zero-order chi connectivity index (χ0) is 52.0. The molecule has 1 atom stereocenters. The van der Waals surface area contributed by atoms with Crippen LogP contribution in [0.2, 0.25) is 10.0 Å². The molecule has 0 spiro atoms. The summed E-state index contributed by atoms with van der Waals surface area (Å²) in [6.07, 6.45) is 0. The van der Waals surface area contributed by atoms with Crippen LogP contribution >= 0.6 is 23.2 Å². The SMILES string of the molecule is O=C(O)CN1CCN(CC(=O)O)CCN(CC(=O)NCCOCCOc2cc(O)cc(C(=O)NC[C@H](NC(=O)c3c(Cl)cc(C(=O)NCc4cccc(O)c4)cc3Cl)C(=O)O)c2)CCN(CC(=O)O)CC1. The molecule has 1 heterocycles. The first-order valence-electron chi connectivity index (χ1n) is 22.0. The Hall–Kier alpha value is -6.80. The van der Waals surface area contributed by atoms with Gasteiger partial charge in [-0.15, -0.1) is 0 Å². The second-order valence-corrected chi connectivity index (χ2v) is 16.9. The van der Waals surface area contributed by atoms with E-state index >= 15 is 0 Å². The number of nitrogens with one attached hydrogen (secondary N) is 4. The van der Waals surface area contributed by atoms with Crippen molar-refractivity contribution in [2.75, 3.05) is 111 Å². The van der Waals surface area contributed by atoms with E-state index in [9.17, 15) is 69.0 Å². The largest absolute Gasteiger partial charge is 0.508 e. The number of nitrogens with zero attached hydrogens (tertiary/aromatic N) is 4. The molecule has 71 heavy (non-hydrogen) atoms. The molecular formula is C45H56Cl2N8O16. The highest BCUT2D eigenvalue weighted by Gasteiger charge is 2.26. The Morgan fingerprint density at radius 2 is 1.10 bits per heavy atom. The molecule has 4 amide bonds. The van der Waals surface area contributed by atoms with Crippen LogP contribution in [0.4, 0.5) is 0 Å². The van der Waals surface area contributed by atoms with Gasteiger partial charge in [-0.1, -0.05) is 35.3 Å². The van der Waals surface area contributed by atoms with Gasteiger partial charge in [0.2, 0.25) is 5.91 Å². The van der Waals surface area contributed by atoms with Crippen LogP contribution in [0.15, 0.2) is 54.6 Å². The van der Waals surface area contributed by atoms with Crippen molar-refractivity contribution >= 4 is 70.7 Å². The molecule has 1 saturated heterocycles. The fraction of sp³-hybridized carbons (Fsp3) is 0.422. The highest BCUT2D eigenvalue weighted by Crippen LogP contribution is 2.27. The first-order chi connectivity index (χ1) is 33.8. The van der Waals surface area contributed by atoms with Crippen LogP contribution in [-0.2, 0) is 35.3 Å². The predicted molar refractivity (Wildman–Crippen MR) is 253 cm³/mol. The molecule has 1 aliphatic rings. The van der Waals surface area contributed by atoms with E-state index in [1.54, 1.807) is 31.7 Å². The summed E-state index contributed by atoms with van der Waals surface area (Å²) in [6, 6.07) is 10.5. The average Bonchev–Trinajstić information content (AvgIpc) is 3.28. The Balaban J connectivity index is 1.22. The number of aromatic hydroxyl groups is 2. The number of ether oxygens (including phenoxy) is 2. The van der Waals surface area contributed by atoms with E-state index in [2.05, 4.69) is 21.3 Å². The van der Waals surface area contributed by atoms with Crippen molar-refractivity contribution in [2.45, 2.75) is 12.6 Å². The third-order valence-electron chi connectivity index (χ3n) is 10.6. The van der Waals surface area contributed by atoms with Crippen molar-refractivity contribution in [2.24, 2.45) is 0 Å². The predicted octanol–water partition coefficient (Wildman–Crippen LogP) is -0.0654. The summed E-state index contributed by atoms with van der Waals surface area (Å²) < 4.78 is 11.2. The van der Waals surface area contributed by atoms with Crippen LogP contribution < -0.4 is 26.0 Å². The zero-order valence-electron chi connectivity index (χ0n) is 38.3. The number of phenolic OH excluding ortho intramolecular Hbond substituents is 2. The number of phenols is 2. The van der Waals surface area contributed by atoms with Crippen LogP contribution in [0, 0.1) is 0 Å². The number of rotatable bonds is 24. The van der Waals surface area contributed by atoms with Crippen molar-refractivity contribution in [3.63, 3.8) is 0 Å². The van der Waals surface area contributed by atoms with Crippen molar-refractivity contribution in [1.82, 2.24) is 40.9 Å². The number of amides is 4. The van der Waals surface area contributed by atoms with Crippen LogP contribution in [0.1, 0.15) is 36.6 Å². The Morgan fingerprint density at radius 3 is 1.62 bits per heavy atom. The Labute approximate surface area is 417 Å². The molecular weight excluding hydrogens is 979 g/mol. The summed E-state index contributed by atoms with van der Waals surface area (Å²) in [5.74, 6) is -7.82. The minimum Gasteiger partial charge on any atom is -0.508 e. The summed E-state index contributed by atoms with van der Waals surface area (Å²) in [6.45, 7) is 0.601. The number of carboxylic acids is 4. The Bertz CT molecular complexity index is 2320. The van der Waals surface area contributed by atoms with Gasteiger partial charge < -0.3 is 61.4 Å². The molecule has 386 valence electrons. The minimum absolute atomic E-state index is 0.000490. The first-order valence-corrected chi connectivity index (χ1v) is 22.7. The highest BCUT2D eigenvalue weighted by atomic mass is 35.5. The molecule has 0 radical (unpaired) electrons. The van der Waals surface area contributed by atoms with Crippen molar-refractivity contribution in [3.8, 4) is 17.2 Å². The number of benzene rings is 3. The molecule has 26 heteroatoms. The molecule has 3 aromatic carbocycles. The number of aliphatic carboxylic acids is 4. The van der Waals surface area contributed by atoms with Gasteiger partial charge in [-0.2, -0.15) is 0 Å². The molecule has 0 aliphatic carbocycles. The van der Waals surface area contributed by atoms with Gasteiger partial charge in [-0.3, -0.25) is 53.2 Å². The van der Waals surface area contributed by atoms with Gasteiger partial charge in [0, 0.05) is 89.2 Å². The van der Waals surface area contributed by atoms with Gasteiger partial charge in [-0.05, 0) is 42.0 Å². The lowest BCUT2D eigenvalue weighted by Crippen LogP contribution is -2.50. The number of halogens is 2. The maximum Gasteiger partial charge on any atom is 0.328 e. The van der Waals surface area contributed by atoms with Crippen molar-refractivity contribution < 1.29 is 78.5 Å². The van der Waals surface area contributed by atoms with Crippen LogP contribution in [0.25, 0.3) is 0 Å². The quantitative estimate of drug-likeness (QED) is 0.0525. The molecule has 24 nitrogen and oxygen atoms in total. The van der Waals surface area contributed by atoms with E-state index in [-0.39, 0.29) is 161 Å². The summed E-state index contributed by atoms with van der Waals surface area (Å²) in [5, 5.41) is 67.4. The third-order valence-corrected chi connectivity index (χ3v) is 11.2. The van der Waals surface area contributed by atoms with Gasteiger partial charge in [0.05, 0.1) is 55.0 Å². The van der Waals surface area contributed by atoms with E-state index < -0.39 is 54.2 Å². The number of carbonyl (C=O) groups excluding carboxylic acids is 4. The van der Waals surface area contributed by atoms with Crippen LogP contribution in [0.3, 0.4) is 0 Å². The maximum absolute atomic E-state index is 13.2. The van der Waals surface area contributed by atoms with E-state index in [4.69, 9.17) is 32.7 Å². The second kappa shape index (κ2) is 28.8. The fourth-order valence-electron chi connectivity index (χ4n) is 7.02. The minimum atomic E-state index is -1.68. The normalized spacial score (nSPS) is 14.7. The van der Waals surface area contributed by atoms with Crippen molar-refractivity contribution in [1.29, 1.82) is 0 Å².